The van der Waals surface area contributed by atoms with Gasteiger partial charge >= 0.3 is 0 Å². The first-order chi connectivity index (χ1) is 17.6. The van der Waals surface area contributed by atoms with Crippen molar-refractivity contribution in [3.05, 3.63) is 109 Å². The third-order valence-corrected chi connectivity index (χ3v) is 11.9. The molecule has 0 unspecified atom stereocenters. The number of ether oxygens (including phenoxy) is 1. The van der Waals surface area contributed by atoms with Gasteiger partial charge in [-0.2, -0.15) is 0 Å². The third-order valence-electron chi connectivity index (χ3n) is 8.32. The number of hydrogen-bond donors (Lipinski definition) is 0. The zero-order valence-corrected chi connectivity index (χ0v) is 21.3. The van der Waals surface area contributed by atoms with Gasteiger partial charge in [-0.3, -0.25) is 0 Å². The third kappa shape index (κ3) is 2.52. The molecule has 0 aliphatic carbocycles. The monoisotopic (exact) mass is 477 g/mol. The largest absolute Gasteiger partial charge is 0.458 e. The lowest BCUT2D eigenvalue weighted by molar-refractivity contribution is 0.487. The molecule has 2 aliphatic rings. The fourth-order valence-corrected chi connectivity index (χ4v) is 9.92. The number of hydrogen-bond acceptors (Lipinski definition) is 1. The van der Waals surface area contributed by atoms with Crippen molar-refractivity contribution in [3.8, 4) is 17.2 Å². The normalized spacial score (nSPS) is 14.8. The Labute approximate surface area is 211 Å². The highest BCUT2D eigenvalue weighted by Gasteiger charge is 2.46. The molecule has 4 heteroatoms. The lowest BCUT2D eigenvalue weighted by Gasteiger charge is -2.40. The SMILES string of the molecule is C[Si]1(C)c2ccccc2B2c3ccccc3Oc3cc(-n4c5ccccc5c5ccccc54)cc1c32. The van der Waals surface area contributed by atoms with Crippen LogP contribution in [-0.2, 0) is 0 Å². The van der Waals surface area contributed by atoms with E-state index >= 15 is 0 Å². The van der Waals surface area contributed by atoms with Gasteiger partial charge in [-0.05, 0) is 35.2 Å². The van der Waals surface area contributed by atoms with Crippen LogP contribution in [0.5, 0.6) is 11.5 Å². The van der Waals surface area contributed by atoms with E-state index in [9.17, 15) is 0 Å². The summed E-state index contributed by atoms with van der Waals surface area (Å²) in [5, 5.41) is 5.58. The average molecular weight is 477 g/mol. The van der Waals surface area contributed by atoms with E-state index in [4.69, 9.17) is 4.74 Å². The summed E-state index contributed by atoms with van der Waals surface area (Å²) in [4.78, 5) is 0. The summed E-state index contributed by atoms with van der Waals surface area (Å²) in [6.45, 7) is 5.20. The first-order valence-electron chi connectivity index (χ1n) is 12.7. The van der Waals surface area contributed by atoms with Crippen molar-refractivity contribution in [2.45, 2.75) is 13.1 Å². The van der Waals surface area contributed by atoms with Crippen molar-refractivity contribution in [2.75, 3.05) is 0 Å². The molecule has 2 aliphatic heterocycles. The van der Waals surface area contributed by atoms with Gasteiger partial charge in [0.2, 0.25) is 0 Å². The van der Waals surface area contributed by atoms with Crippen LogP contribution in [0.2, 0.25) is 13.1 Å². The van der Waals surface area contributed by atoms with E-state index in [0.717, 1.165) is 11.5 Å². The Bertz CT molecular complexity index is 1810. The molecule has 0 atom stereocenters. The molecule has 2 nitrogen and oxygen atoms in total. The van der Waals surface area contributed by atoms with Gasteiger partial charge in [0, 0.05) is 22.5 Å². The van der Waals surface area contributed by atoms with Crippen LogP contribution in [0.4, 0.5) is 0 Å². The molecule has 0 bridgehead atoms. The molecule has 0 saturated carbocycles. The molecule has 36 heavy (non-hydrogen) atoms. The highest BCUT2D eigenvalue weighted by Crippen LogP contribution is 2.34. The minimum Gasteiger partial charge on any atom is -0.458 e. The average Bonchev–Trinajstić information content (AvgIpc) is 3.25. The molecule has 0 amide bonds. The number of fused-ring (bicyclic) bond motifs is 7. The van der Waals surface area contributed by atoms with Crippen molar-refractivity contribution in [1.29, 1.82) is 0 Å². The molecule has 0 spiro atoms. The van der Waals surface area contributed by atoms with Crippen molar-refractivity contribution in [1.82, 2.24) is 4.57 Å². The fraction of sp³-hybridized carbons (Fsp3) is 0.0625. The van der Waals surface area contributed by atoms with Gasteiger partial charge in [-0.25, -0.2) is 0 Å². The van der Waals surface area contributed by atoms with Crippen molar-refractivity contribution >= 4 is 63.4 Å². The molecule has 3 heterocycles. The van der Waals surface area contributed by atoms with Gasteiger partial charge in [0.15, 0.2) is 0 Å². The Hall–Kier alpha value is -4.02. The zero-order chi connectivity index (χ0) is 24.0. The van der Waals surface area contributed by atoms with Gasteiger partial charge in [0.25, 0.3) is 6.71 Å². The van der Waals surface area contributed by atoms with E-state index in [1.54, 1.807) is 0 Å². The fourth-order valence-electron chi connectivity index (χ4n) is 6.71. The Kier molecular flexibility index (Phi) is 3.94. The first-order valence-corrected chi connectivity index (χ1v) is 15.7. The molecular weight excluding hydrogens is 453 g/mol. The Morgan fingerprint density at radius 2 is 1.22 bits per heavy atom. The van der Waals surface area contributed by atoms with E-state index in [-0.39, 0.29) is 6.71 Å². The Balaban J connectivity index is 1.49. The Morgan fingerprint density at radius 1 is 0.611 bits per heavy atom. The number of rotatable bonds is 1. The molecule has 1 aromatic heterocycles. The quantitative estimate of drug-likeness (QED) is 0.317. The lowest BCUT2D eigenvalue weighted by atomic mass is 9.35. The van der Waals surface area contributed by atoms with E-state index in [1.165, 1.54) is 54.3 Å². The lowest BCUT2D eigenvalue weighted by Crippen LogP contribution is -2.77. The number of aromatic nitrogens is 1. The second-order valence-corrected chi connectivity index (χ2v) is 14.9. The molecular formula is C32H24BNOSi. The molecule has 170 valence electrons. The van der Waals surface area contributed by atoms with E-state index in [2.05, 4.69) is 127 Å². The summed E-state index contributed by atoms with van der Waals surface area (Å²) in [5.41, 5.74) is 7.73. The van der Waals surface area contributed by atoms with Crippen LogP contribution in [0.15, 0.2) is 109 Å². The standard InChI is InChI=1S/C32H24BNOSi/c1-36(2)30-18-10-6-14-25(30)33-24-13-5-9-17-28(24)35-29-19-21(20-31(36)32(29)33)34-26-15-7-3-11-22(26)23-12-4-8-16-27(23)34/h3-20H,1-2H3. The maximum atomic E-state index is 6.70. The van der Waals surface area contributed by atoms with Crippen molar-refractivity contribution in [2.24, 2.45) is 0 Å². The van der Waals surface area contributed by atoms with Crippen LogP contribution in [0, 0.1) is 0 Å². The van der Waals surface area contributed by atoms with Gasteiger partial charge in [0.1, 0.15) is 19.6 Å². The van der Waals surface area contributed by atoms with Crippen LogP contribution in [0.1, 0.15) is 0 Å². The first kappa shape index (κ1) is 20.2. The van der Waals surface area contributed by atoms with Crippen LogP contribution >= 0.6 is 0 Å². The topological polar surface area (TPSA) is 14.2 Å². The zero-order valence-electron chi connectivity index (χ0n) is 20.3. The highest BCUT2D eigenvalue weighted by molar-refractivity contribution is 7.14. The molecule has 0 saturated heterocycles. The maximum absolute atomic E-state index is 6.70. The summed E-state index contributed by atoms with van der Waals surface area (Å²) in [5.74, 6) is 1.97. The summed E-state index contributed by atoms with van der Waals surface area (Å²) >= 11 is 0. The number of nitrogens with zero attached hydrogens (tertiary/aromatic N) is 1. The molecule has 5 aromatic carbocycles. The van der Waals surface area contributed by atoms with Crippen molar-refractivity contribution < 1.29 is 4.74 Å². The van der Waals surface area contributed by atoms with E-state index in [1.807, 2.05) is 0 Å². The maximum Gasteiger partial charge on any atom is 0.250 e. The van der Waals surface area contributed by atoms with Gasteiger partial charge in [0.05, 0.1) is 11.0 Å². The smallest absolute Gasteiger partial charge is 0.250 e. The second-order valence-electron chi connectivity index (χ2n) is 10.6. The summed E-state index contributed by atoms with van der Waals surface area (Å²) < 4.78 is 9.13. The van der Waals surface area contributed by atoms with Crippen LogP contribution in [-0.4, -0.2) is 19.4 Å². The predicted molar refractivity (Wildman–Crippen MR) is 155 cm³/mol. The minimum atomic E-state index is -1.98. The van der Waals surface area contributed by atoms with Gasteiger partial charge in [-0.1, -0.05) is 108 Å². The second kappa shape index (κ2) is 7.02. The predicted octanol–water partition coefficient (Wildman–Crippen LogP) is 4.54. The van der Waals surface area contributed by atoms with E-state index < -0.39 is 8.07 Å². The Morgan fingerprint density at radius 3 is 1.97 bits per heavy atom. The summed E-state index contributed by atoms with van der Waals surface area (Å²) in [6, 6.07) is 39.9. The molecule has 0 fully saturated rings. The molecule has 8 rings (SSSR count). The van der Waals surface area contributed by atoms with E-state index in [0.29, 0.717) is 0 Å². The van der Waals surface area contributed by atoms with Gasteiger partial charge in [-0.15, -0.1) is 0 Å². The van der Waals surface area contributed by atoms with Crippen LogP contribution in [0.25, 0.3) is 27.5 Å². The number of para-hydroxylation sites is 3. The highest BCUT2D eigenvalue weighted by atomic mass is 28.3. The number of benzene rings is 5. The molecule has 6 aromatic rings. The minimum absolute atomic E-state index is 0.212. The summed E-state index contributed by atoms with van der Waals surface area (Å²) in [6.07, 6.45) is 0. The van der Waals surface area contributed by atoms with Gasteiger partial charge < -0.3 is 9.30 Å². The van der Waals surface area contributed by atoms with Crippen LogP contribution in [0.3, 0.4) is 0 Å². The molecule has 0 N–H and O–H groups in total. The summed E-state index contributed by atoms with van der Waals surface area (Å²) in [7, 11) is -1.98. The van der Waals surface area contributed by atoms with Crippen molar-refractivity contribution in [3.63, 3.8) is 0 Å². The van der Waals surface area contributed by atoms with Crippen LogP contribution < -0.4 is 31.5 Å². The molecule has 0 radical (unpaired) electrons.